The van der Waals surface area contributed by atoms with Crippen molar-refractivity contribution in [2.24, 2.45) is 17.6 Å². The maximum Gasteiger partial charge on any atom is 0.0323 e. The molecule has 0 heterocycles. The Kier molecular flexibility index (Phi) is 3.65. The summed E-state index contributed by atoms with van der Waals surface area (Å²) in [4.78, 5) is 0. The van der Waals surface area contributed by atoms with Crippen LogP contribution in [0.4, 0.5) is 0 Å². The van der Waals surface area contributed by atoms with Crippen LogP contribution >= 0.6 is 0 Å². The van der Waals surface area contributed by atoms with Gasteiger partial charge in [-0.2, -0.15) is 0 Å². The van der Waals surface area contributed by atoms with Gasteiger partial charge in [-0.3, -0.25) is 0 Å². The summed E-state index contributed by atoms with van der Waals surface area (Å²) in [6, 6.07) is 8.96. The maximum absolute atomic E-state index is 6.38. The first-order chi connectivity index (χ1) is 7.66. The van der Waals surface area contributed by atoms with Crippen LogP contribution in [0.2, 0.25) is 0 Å². The maximum atomic E-state index is 6.38. The molecule has 3 unspecified atom stereocenters. The van der Waals surface area contributed by atoms with E-state index in [4.69, 9.17) is 5.73 Å². The van der Waals surface area contributed by atoms with Gasteiger partial charge in [0.25, 0.3) is 0 Å². The highest BCUT2D eigenvalue weighted by Crippen LogP contribution is 2.35. The van der Waals surface area contributed by atoms with Crippen molar-refractivity contribution in [3.05, 3.63) is 35.4 Å². The van der Waals surface area contributed by atoms with Crippen LogP contribution in [0.15, 0.2) is 24.3 Å². The molecule has 1 nitrogen and oxygen atoms in total. The van der Waals surface area contributed by atoms with Crippen LogP contribution in [0.3, 0.4) is 0 Å². The molecule has 1 aromatic carbocycles. The van der Waals surface area contributed by atoms with Crippen molar-refractivity contribution in [1.29, 1.82) is 0 Å². The minimum absolute atomic E-state index is 0.239. The van der Waals surface area contributed by atoms with Gasteiger partial charge in [-0.1, -0.05) is 49.6 Å². The van der Waals surface area contributed by atoms with Crippen LogP contribution < -0.4 is 5.73 Å². The van der Waals surface area contributed by atoms with E-state index in [0.717, 1.165) is 5.92 Å². The van der Waals surface area contributed by atoms with Crippen molar-refractivity contribution in [3.8, 4) is 0 Å². The zero-order chi connectivity index (χ0) is 11.5. The van der Waals surface area contributed by atoms with Crippen LogP contribution in [0.25, 0.3) is 0 Å². The van der Waals surface area contributed by atoms with Gasteiger partial charge in [0.05, 0.1) is 0 Å². The predicted molar refractivity (Wildman–Crippen MR) is 69.2 cm³/mol. The van der Waals surface area contributed by atoms with Crippen LogP contribution in [-0.2, 0) is 0 Å². The van der Waals surface area contributed by atoms with Gasteiger partial charge in [0.1, 0.15) is 0 Å². The summed E-state index contributed by atoms with van der Waals surface area (Å²) in [5.74, 6) is 1.54. The third kappa shape index (κ3) is 2.65. The van der Waals surface area contributed by atoms with Crippen molar-refractivity contribution in [2.45, 2.75) is 45.6 Å². The first-order valence-corrected chi connectivity index (χ1v) is 6.49. The molecule has 88 valence electrons. The molecule has 1 aliphatic carbocycles. The SMILES string of the molecule is Cc1ccc(C(N)C2CCCC(C)C2)cc1. The molecule has 0 saturated heterocycles. The number of rotatable bonds is 2. The normalized spacial score (nSPS) is 27.7. The monoisotopic (exact) mass is 217 g/mol. The largest absolute Gasteiger partial charge is 0.324 e. The van der Waals surface area contributed by atoms with Gasteiger partial charge in [0.2, 0.25) is 0 Å². The third-order valence-corrected chi connectivity index (χ3v) is 3.95. The van der Waals surface area contributed by atoms with Gasteiger partial charge < -0.3 is 5.73 Å². The van der Waals surface area contributed by atoms with E-state index < -0.39 is 0 Å². The summed E-state index contributed by atoms with van der Waals surface area (Å²) in [5.41, 5.74) is 9.00. The summed E-state index contributed by atoms with van der Waals surface area (Å²) in [7, 11) is 0. The second-order valence-corrected chi connectivity index (χ2v) is 5.47. The van der Waals surface area contributed by atoms with Gasteiger partial charge in [-0.05, 0) is 37.2 Å². The van der Waals surface area contributed by atoms with E-state index in [2.05, 4.69) is 38.1 Å². The Bertz CT molecular complexity index is 328. The molecule has 0 amide bonds. The molecule has 1 aromatic rings. The molecule has 0 spiro atoms. The second kappa shape index (κ2) is 5.01. The quantitative estimate of drug-likeness (QED) is 0.800. The number of hydrogen-bond acceptors (Lipinski definition) is 1. The Balaban J connectivity index is 2.06. The Labute approximate surface area is 99.0 Å². The van der Waals surface area contributed by atoms with Crippen molar-refractivity contribution >= 4 is 0 Å². The fourth-order valence-corrected chi connectivity index (χ4v) is 2.87. The van der Waals surface area contributed by atoms with Gasteiger partial charge in [-0.25, -0.2) is 0 Å². The Hall–Kier alpha value is -0.820. The van der Waals surface area contributed by atoms with Crippen molar-refractivity contribution in [3.63, 3.8) is 0 Å². The molecular weight excluding hydrogens is 194 g/mol. The summed E-state index contributed by atoms with van der Waals surface area (Å²) in [6.07, 6.45) is 5.34. The van der Waals surface area contributed by atoms with Gasteiger partial charge in [0.15, 0.2) is 0 Å². The standard InChI is InChI=1S/C15H23N/c1-11-6-8-13(9-7-11)15(16)14-5-3-4-12(2)10-14/h6-9,12,14-15H,3-5,10,16H2,1-2H3. The molecule has 1 fully saturated rings. The molecule has 3 atom stereocenters. The zero-order valence-electron chi connectivity index (χ0n) is 10.4. The lowest BCUT2D eigenvalue weighted by Gasteiger charge is -2.31. The molecule has 0 aliphatic heterocycles. The minimum atomic E-state index is 0.239. The molecule has 16 heavy (non-hydrogen) atoms. The number of benzene rings is 1. The lowest BCUT2D eigenvalue weighted by molar-refractivity contribution is 0.248. The second-order valence-electron chi connectivity index (χ2n) is 5.47. The van der Waals surface area contributed by atoms with Crippen molar-refractivity contribution in [2.75, 3.05) is 0 Å². The molecule has 1 aliphatic rings. The first kappa shape index (κ1) is 11.7. The average Bonchev–Trinajstić information content (AvgIpc) is 2.29. The Morgan fingerprint density at radius 2 is 1.88 bits per heavy atom. The fraction of sp³-hybridized carbons (Fsp3) is 0.600. The molecule has 1 saturated carbocycles. The molecule has 2 N–H and O–H groups in total. The van der Waals surface area contributed by atoms with Crippen molar-refractivity contribution < 1.29 is 0 Å². The van der Waals surface area contributed by atoms with Gasteiger partial charge >= 0.3 is 0 Å². The zero-order valence-corrected chi connectivity index (χ0v) is 10.4. The highest BCUT2D eigenvalue weighted by molar-refractivity contribution is 5.24. The van der Waals surface area contributed by atoms with Gasteiger partial charge in [0, 0.05) is 6.04 Å². The topological polar surface area (TPSA) is 26.0 Å². The molecule has 0 bridgehead atoms. The van der Waals surface area contributed by atoms with Crippen LogP contribution in [0.1, 0.15) is 49.8 Å². The molecule has 2 rings (SSSR count). The Morgan fingerprint density at radius 3 is 2.50 bits per heavy atom. The van der Waals surface area contributed by atoms with E-state index in [1.54, 1.807) is 0 Å². The summed E-state index contributed by atoms with van der Waals surface area (Å²) in [5, 5.41) is 0. The predicted octanol–water partition coefficient (Wildman–Crippen LogP) is 3.82. The van der Waals surface area contributed by atoms with E-state index in [-0.39, 0.29) is 6.04 Å². The summed E-state index contributed by atoms with van der Waals surface area (Å²) < 4.78 is 0. The average molecular weight is 217 g/mol. The molecule has 1 heteroatoms. The van der Waals surface area contributed by atoms with E-state index in [1.165, 1.54) is 36.8 Å². The first-order valence-electron chi connectivity index (χ1n) is 6.49. The highest BCUT2D eigenvalue weighted by Gasteiger charge is 2.24. The number of aryl methyl sites for hydroxylation is 1. The minimum Gasteiger partial charge on any atom is -0.324 e. The third-order valence-electron chi connectivity index (χ3n) is 3.95. The number of hydrogen-bond donors (Lipinski definition) is 1. The van der Waals surface area contributed by atoms with Crippen LogP contribution in [0, 0.1) is 18.8 Å². The van der Waals surface area contributed by atoms with E-state index in [9.17, 15) is 0 Å². The number of nitrogens with two attached hydrogens (primary N) is 1. The highest BCUT2D eigenvalue weighted by atomic mass is 14.7. The molecular formula is C15H23N. The van der Waals surface area contributed by atoms with Crippen LogP contribution in [0.5, 0.6) is 0 Å². The molecule has 0 radical (unpaired) electrons. The molecule has 0 aromatic heterocycles. The van der Waals surface area contributed by atoms with E-state index in [1.807, 2.05) is 0 Å². The lowest BCUT2D eigenvalue weighted by Crippen LogP contribution is -2.26. The summed E-state index contributed by atoms with van der Waals surface area (Å²) in [6.45, 7) is 4.48. The fourth-order valence-electron chi connectivity index (χ4n) is 2.87. The Morgan fingerprint density at radius 1 is 1.19 bits per heavy atom. The van der Waals surface area contributed by atoms with Crippen molar-refractivity contribution in [1.82, 2.24) is 0 Å². The van der Waals surface area contributed by atoms with Crippen LogP contribution in [-0.4, -0.2) is 0 Å². The van der Waals surface area contributed by atoms with Gasteiger partial charge in [-0.15, -0.1) is 0 Å². The van der Waals surface area contributed by atoms with E-state index in [0.29, 0.717) is 5.92 Å². The smallest absolute Gasteiger partial charge is 0.0323 e. The lowest BCUT2D eigenvalue weighted by atomic mass is 9.77. The van der Waals surface area contributed by atoms with E-state index >= 15 is 0 Å². The summed E-state index contributed by atoms with van der Waals surface area (Å²) >= 11 is 0.